The maximum Gasteiger partial charge on any atom is 4.00 e. The molecule has 2 aromatic carbocycles. The topological polar surface area (TPSA) is 0 Å². The number of hydrogen-bond donors (Lipinski definition) is 0. The standard InChI is InChI=1S/C17H24P.C5H5.2ClH.Zr/c1-5-13(3)18(14(4)6-2)17-11-15-9-7-8-10-16(15)12-17;1-2-4-5-3-1;;;/h7-14H,5-6H2,1-4H3;1-3H,4H2;2*1H;/q2*-1;;;+4/p-2. The van der Waals surface area contributed by atoms with Gasteiger partial charge in [-0.25, -0.2) is 12.2 Å². The summed E-state index contributed by atoms with van der Waals surface area (Å²) in [5, 5.41) is 4.42. The Labute approximate surface area is 193 Å². The van der Waals surface area contributed by atoms with Crippen molar-refractivity contribution in [1.82, 2.24) is 0 Å². The van der Waals surface area contributed by atoms with Crippen LogP contribution in [0.5, 0.6) is 0 Å². The van der Waals surface area contributed by atoms with Crippen LogP contribution < -0.4 is 30.1 Å². The summed E-state index contributed by atoms with van der Waals surface area (Å²) in [5.41, 5.74) is 1.65. The second-order valence-electron chi connectivity index (χ2n) is 6.27. The zero-order valence-electron chi connectivity index (χ0n) is 16.2. The van der Waals surface area contributed by atoms with E-state index >= 15 is 0 Å². The van der Waals surface area contributed by atoms with Gasteiger partial charge in [0.15, 0.2) is 0 Å². The van der Waals surface area contributed by atoms with E-state index in [-0.39, 0.29) is 58.9 Å². The molecule has 2 aromatic rings. The third-order valence-corrected chi connectivity index (χ3v) is 8.10. The first-order valence-electron chi connectivity index (χ1n) is 8.82. The van der Waals surface area contributed by atoms with Gasteiger partial charge >= 0.3 is 26.2 Å². The van der Waals surface area contributed by atoms with Crippen molar-refractivity contribution in [3.8, 4) is 0 Å². The summed E-state index contributed by atoms with van der Waals surface area (Å²) in [7, 11) is -0.0252. The first-order chi connectivity index (χ1) is 11.2. The van der Waals surface area contributed by atoms with E-state index in [0.29, 0.717) is 0 Å². The van der Waals surface area contributed by atoms with Gasteiger partial charge in [0.25, 0.3) is 0 Å². The van der Waals surface area contributed by atoms with Gasteiger partial charge in [-0.1, -0.05) is 41.7 Å². The van der Waals surface area contributed by atoms with Gasteiger partial charge in [0, 0.05) is 0 Å². The van der Waals surface area contributed by atoms with E-state index in [9.17, 15) is 0 Å². The summed E-state index contributed by atoms with van der Waals surface area (Å²) >= 11 is 0. The van der Waals surface area contributed by atoms with E-state index in [1.165, 1.54) is 23.6 Å². The molecule has 4 heteroatoms. The minimum absolute atomic E-state index is 0. The fourth-order valence-corrected chi connectivity index (χ4v) is 6.21. The number of hydrogen-bond acceptors (Lipinski definition) is 0. The molecule has 26 heavy (non-hydrogen) atoms. The van der Waals surface area contributed by atoms with Crippen molar-refractivity contribution in [3.63, 3.8) is 0 Å². The maximum absolute atomic E-state index is 2.99. The van der Waals surface area contributed by atoms with Crippen LogP contribution in [0.1, 0.15) is 47.0 Å². The molecule has 0 N–H and O–H groups in total. The van der Waals surface area contributed by atoms with Crippen LogP contribution in [0.2, 0.25) is 0 Å². The summed E-state index contributed by atoms with van der Waals surface area (Å²) in [6, 6.07) is 13.6. The van der Waals surface area contributed by atoms with Crippen molar-refractivity contribution in [2.24, 2.45) is 0 Å². The Balaban J connectivity index is 0. The molecule has 140 valence electrons. The van der Waals surface area contributed by atoms with Crippen LogP contribution in [0.4, 0.5) is 0 Å². The predicted molar refractivity (Wildman–Crippen MR) is 107 cm³/mol. The van der Waals surface area contributed by atoms with Crippen molar-refractivity contribution in [3.05, 3.63) is 60.7 Å². The Hall–Kier alpha value is 0.203. The van der Waals surface area contributed by atoms with Crippen LogP contribution in [0, 0.1) is 6.08 Å². The number of allylic oxidation sites excluding steroid dienone is 4. The molecule has 0 saturated carbocycles. The van der Waals surface area contributed by atoms with Gasteiger partial charge in [0.2, 0.25) is 0 Å². The maximum atomic E-state index is 2.99. The molecule has 3 rings (SSSR count). The average Bonchev–Trinajstić information content (AvgIpc) is 3.26. The quantitative estimate of drug-likeness (QED) is 0.429. The van der Waals surface area contributed by atoms with Crippen molar-refractivity contribution in [2.75, 3.05) is 0 Å². The molecule has 0 amide bonds. The minimum Gasteiger partial charge on any atom is -1.00 e. The first kappa shape index (κ1) is 28.4. The van der Waals surface area contributed by atoms with E-state index in [1.54, 1.807) is 5.30 Å². The molecule has 0 aliphatic heterocycles. The molecule has 0 heterocycles. The molecule has 1 aliphatic rings. The van der Waals surface area contributed by atoms with Gasteiger partial charge in [-0.15, -0.1) is 46.8 Å². The van der Waals surface area contributed by atoms with Crippen LogP contribution in [0.25, 0.3) is 10.8 Å². The van der Waals surface area contributed by atoms with Gasteiger partial charge < -0.3 is 24.8 Å². The number of fused-ring (bicyclic) bond motifs is 1. The fourth-order valence-electron chi connectivity index (χ4n) is 2.96. The molecule has 0 bridgehead atoms. The average molecular weight is 487 g/mol. The monoisotopic (exact) mass is 484 g/mol. The molecule has 2 atom stereocenters. The SMILES string of the molecule is CCC(C)P(c1cc2ccccc2[cH-]1)C(C)CC.[C-]1=CC=CC1.[Cl-].[Cl-].[Zr+4]. The number of rotatable bonds is 5. The zero-order valence-corrected chi connectivity index (χ0v) is 21.0. The molecule has 0 spiro atoms. The molecule has 0 nitrogen and oxygen atoms in total. The number of benzene rings is 1. The van der Waals surface area contributed by atoms with Crippen LogP contribution in [0.3, 0.4) is 0 Å². The van der Waals surface area contributed by atoms with Crippen LogP contribution in [-0.4, -0.2) is 11.3 Å². The third kappa shape index (κ3) is 8.06. The van der Waals surface area contributed by atoms with E-state index < -0.39 is 0 Å². The second-order valence-corrected chi connectivity index (χ2v) is 9.36. The Kier molecular flexibility index (Phi) is 16.6. The summed E-state index contributed by atoms with van der Waals surface area (Å²) in [6.45, 7) is 9.50. The Morgan fingerprint density at radius 3 is 2.12 bits per heavy atom. The van der Waals surface area contributed by atoms with Gasteiger partial charge in [-0.3, -0.25) is 6.08 Å². The number of halogens is 2. The molecular formula is C22H29Cl2PZr. The normalized spacial score (nSPS) is 14.9. The predicted octanol–water partition coefficient (Wildman–Crippen LogP) is 0.574. The van der Waals surface area contributed by atoms with Gasteiger partial charge in [0.05, 0.1) is 0 Å². The van der Waals surface area contributed by atoms with Crippen molar-refractivity contribution < 1.29 is 51.0 Å². The molecule has 0 saturated heterocycles. The van der Waals surface area contributed by atoms with Crippen molar-refractivity contribution in [2.45, 2.75) is 58.3 Å². The summed E-state index contributed by atoms with van der Waals surface area (Å²) in [4.78, 5) is 0. The minimum atomic E-state index is -0.0252. The van der Waals surface area contributed by atoms with Crippen molar-refractivity contribution >= 4 is 24.0 Å². The molecule has 1 aliphatic carbocycles. The Morgan fingerprint density at radius 2 is 1.69 bits per heavy atom. The fraction of sp³-hybridized carbons (Fsp3) is 0.409. The Morgan fingerprint density at radius 1 is 1.08 bits per heavy atom. The van der Waals surface area contributed by atoms with E-state index in [0.717, 1.165) is 17.7 Å². The van der Waals surface area contributed by atoms with E-state index in [4.69, 9.17) is 0 Å². The summed E-state index contributed by atoms with van der Waals surface area (Å²) in [6.07, 6.45) is 12.6. The Bertz CT molecular complexity index is 610. The van der Waals surface area contributed by atoms with E-state index in [1.807, 2.05) is 12.2 Å². The first-order valence-corrected chi connectivity index (χ1v) is 10.3. The van der Waals surface area contributed by atoms with Crippen LogP contribution >= 0.6 is 7.92 Å². The summed E-state index contributed by atoms with van der Waals surface area (Å²) in [5.74, 6) is 0. The van der Waals surface area contributed by atoms with Crippen LogP contribution in [0.15, 0.2) is 54.6 Å². The molecule has 0 radical (unpaired) electrons. The summed E-state index contributed by atoms with van der Waals surface area (Å²) < 4.78 is 0. The van der Waals surface area contributed by atoms with E-state index in [2.05, 4.69) is 76.2 Å². The second kappa shape index (κ2) is 15.2. The molecular weight excluding hydrogens is 457 g/mol. The smallest absolute Gasteiger partial charge is 1.00 e. The molecule has 0 aromatic heterocycles. The largest absolute Gasteiger partial charge is 4.00 e. The van der Waals surface area contributed by atoms with Crippen molar-refractivity contribution in [1.29, 1.82) is 0 Å². The van der Waals surface area contributed by atoms with Gasteiger partial charge in [-0.05, 0) is 24.2 Å². The molecule has 0 fully saturated rings. The third-order valence-electron chi connectivity index (χ3n) is 4.62. The van der Waals surface area contributed by atoms with Gasteiger partial charge in [0.1, 0.15) is 0 Å². The van der Waals surface area contributed by atoms with Crippen LogP contribution in [-0.2, 0) is 26.2 Å². The van der Waals surface area contributed by atoms with Gasteiger partial charge in [-0.2, -0.15) is 12.1 Å². The molecule has 2 unspecified atom stereocenters. The zero-order chi connectivity index (χ0) is 16.7.